The van der Waals surface area contributed by atoms with Crippen LogP contribution in [0.2, 0.25) is 0 Å². The SMILES string of the molecule is O=S(=O)(/C=C(/F)c1ccccc1)N1CCOCC(F)(F)C1. The van der Waals surface area contributed by atoms with E-state index < -0.39 is 34.9 Å². The maximum absolute atomic E-state index is 13.9. The lowest BCUT2D eigenvalue weighted by molar-refractivity contribution is -0.0630. The average molecular weight is 321 g/mol. The van der Waals surface area contributed by atoms with Gasteiger partial charge in [0.2, 0.25) is 10.0 Å². The van der Waals surface area contributed by atoms with E-state index in [4.69, 9.17) is 0 Å². The molecule has 1 heterocycles. The van der Waals surface area contributed by atoms with Gasteiger partial charge in [-0.3, -0.25) is 0 Å². The summed E-state index contributed by atoms with van der Waals surface area (Å²) in [5, 5.41) is 0.365. The molecule has 1 aliphatic heterocycles. The Morgan fingerprint density at radius 1 is 1.29 bits per heavy atom. The van der Waals surface area contributed by atoms with Crippen molar-refractivity contribution in [1.29, 1.82) is 0 Å². The third-order valence-electron chi connectivity index (χ3n) is 2.87. The Kier molecular flexibility index (Phi) is 4.70. The number of sulfonamides is 1. The van der Waals surface area contributed by atoms with Crippen LogP contribution in [0.5, 0.6) is 0 Å². The number of nitrogens with zero attached hydrogens (tertiary/aromatic N) is 1. The Morgan fingerprint density at radius 3 is 2.62 bits per heavy atom. The van der Waals surface area contributed by atoms with Crippen molar-refractivity contribution in [2.24, 2.45) is 0 Å². The molecule has 0 aliphatic carbocycles. The minimum atomic E-state index is -4.29. The number of ether oxygens (including phenoxy) is 1. The van der Waals surface area contributed by atoms with Gasteiger partial charge in [-0.2, -0.15) is 4.31 Å². The molecule has 0 atom stereocenters. The molecular weight excluding hydrogens is 307 g/mol. The summed E-state index contributed by atoms with van der Waals surface area (Å²) in [7, 11) is -4.29. The smallest absolute Gasteiger partial charge is 0.284 e. The Morgan fingerprint density at radius 2 is 1.95 bits per heavy atom. The van der Waals surface area contributed by atoms with Crippen LogP contribution in [0.3, 0.4) is 0 Å². The lowest BCUT2D eigenvalue weighted by atomic mass is 10.2. The van der Waals surface area contributed by atoms with Crippen molar-refractivity contribution < 1.29 is 26.3 Å². The van der Waals surface area contributed by atoms with Crippen molar-refractivity contribution in [1.82, 2.24) is 4.31 Å². The van der Waals surface area contributed by atoms with E-state index in [0.717, 1.165) is 0 Å². The highest BCUT2D eigenvalue weighted by Gasteiger charge is 2.38. The van der Waals surface area contributed by atoms with Gasteiger partial charge in [-0.05, 0) is 0 Å². The Balaban J connectivity index is 2.25. The van der Waals surface area contributed by atoms with Crippen LogP contribution < -0.4 is 0 Å². The first kappa shape index (κ1) is 16.0. The molecule has 1 aromatic rings. The zero-order valence-electron chi connectivity index (χ0n) is 11.0. The number of benzene rings is 1. The van der Waals surface area contributed by atoms with E-state index in [9.17, 15) is 21.6 Å². The molecule has 1 aromatic carbocycles. The molecule has 1 saturated heterocycles. The molecule has 0 amide bonds. The first-order valence-corrected chi connectivity index (χ1v) is 7.69. The lowest BCUT2D eigenvalue weighted by Crippen LogP contribution is -2.40. The molecule has 1 fully saturated rings. The van der Waals surface area contributed by atoms with E-state index >= 15 is 0 Å². The fourth-order valence-corrected chi connectivity index (χ4v) is 3.10. The number of rotatable bonds is 3. The normalized spacial score (nSPS) is 21.0. The minimum Gasteiger partial charge on any atom is -0.374 e. The number of hydrogen-bond donors (Lipinski definition) is 0. The number of alkyl halides is 2. The van der Waals surface area contributed by atoms with Crippen LogP contribution >= 0.6 is 0 Å². The van der Waals surface area contributed by atoms with Gasteiger partial charge >= 0.3 is 0 Å². The van der Waals surface area contributed by atoms with E-state index in [-0.39, 0.29) is 18.7 Å². The summed E-state index contributed by atoms with van der Waals surface area (Å²) >= 11 is 0. The van der Waals surface area contributed by atoms with Gasteiger partial charge < -0.3 is 4.74 Å². The van der Waals surface area contributed by atoms with Crippen molar-refractivity contribution in [2.45, 2.75) is 5.92 Å². The van der Waals surface area contributed by atoms with Gasteiger partial charge in [0.1, 0.15) is 12.4 Å². The second-order valence-corrected chi connectivity index (χ2v) is 6.40. The van der Waals surface area contributed by atoms with Crippen molar-refractivity contribution in [3.63, 3.8) is 0 Å². The van der Waals surface area contributed by atoms with Crippen LogP contribution in [0.15, 0.2) is 35.7 Å². The third kappa shape index (κ3) is 4.29. The zero-order chi connectivity index (χ0) is 15.5. The molecule has 0 saturated carbocycles. The third-order valence-corrected chi connectivity index (χ3v) is 4.40. The van der Waals surface area contributed by atoms with Crippen molar-refractivity contribution >= 4 is 15.9 Å². The molecule has 1 aliphatic rings. The second-order valence-electron chi connectivity index (χ2n) is 4.62. The highest BCUT2D eigenvalue weighted by Crippen LogP contribution is 2.23. The van der Waals surface area contributed by atoms with Crippen LogP contribution in [-0.2, 0) is 14.8 Å². The minimum absolute atomic E-state index is 0.0684. The van der Waals surface area contributed by atoms with Crippen LogP contribution in [0, 0.1) is 0 Å². The quantitative estimate of drug-likeness (QED) is 0.858. The standard InChI is InChI=1S/C13H14F3NO3S/c14-12(11-4-2-1-3-5-11)8-21(18,19)17-6-7-20-10-13(15,16)9-17/h1-5,8H,6-7,9-10H2/b12-8+. The largest absolute Gasteiger partial charge is 0.374 e. The van der Waals surface area contributed by atoms with Gasteiger partial charge in [0.25, 0.3) is 5.92 Å². The first-order chi connectivity index (χ1) is 9.80. The van der Waals surface area contributed by atoms with Gasteiger partial charge in [-0.25, -0.2) is 21.6 Å². The molecule has 4 nitrogen and oxygen atoms in total. The molecule has 2 rings (SSSR count). The van der Waals surface area contributed by atoms with E-state index in [1.165, 1.54) is 12.1 Å². The van der Waals surface area contributed by atoms with Crippen molar-refractivity contribution in [2.75, 3.05) is 26.3 Å². The Labute approximate surface area is 120 Å². The summed E-state index contributed by atoms with van der Waals surface area (Å²) in [6, 6.07) is 7.52. The maximum atomic E-state index is 13.9. The molecule has 0 bridgehead atoms. The summed E-state index contributed by atoms with van der Waals surface area (Å²) in [6.07, 6.45) is 0. The number of hydrogen-bond acceptors (Lipinski definition) is 3. The fourth-order valence-electron chi connectivity index (χ4n) is 1.86. The molecule has 0 aromatic heterocycles. The predicted molar refractivity (Wildman–Crippen MR) is 71.8 cm³/mol. The molecule has 116 valence electrons. The summed E-state index contributed by atoms with van der Waals surface area (Å²) in [4.78, 5) is 0. The Hall–Kier alpha value is -1.38. The molecule has 0 radical (unpaired) electrons. The fraction of sp³-hybridized carbons (Fsp3) is 0.385. The topological polar surface area (TPSA) is 46.6 Å². The highest BCUT2D eigenvalue weighted by molar-refractivity contribution is 7.92. The van der Waals surface area contributed by atoms with Crippen molar-refractivity contribution in [3.05, 3.63) is 41.3 Å². The van der Waals surface area contributed by atoms with Crippen molar-refractivity contribution in [3.8, 4) is 0 Å². The van der Waals surface area contributed by atoms with Crippen LogP contribution in [-0.4, -0.2) is 44.9 Å². The predicted octanol–water partition coefficient (Wildman–Crippen LogP) is 2.25. The van der Waals surface area contributed by atoms with Gasteiger partial charge in [-0.1, -0.05) is 30.3 Å². The summed E-state index contributed by atoms with van der Waals surface area (Å²) < 4.78 is 69.9. The molecule has 8 heteroatoms. The van der Waals surface area contributed by atoms with Crippen LogP contribution in [0.4, 0.5) is 13.2 Å². The zero-order valence-corrected chi connectivity index (χ0v) is 11.8. The molecule has 0 unspecified atom stereocenters. The Bertz CT molecular complexity index is 617. The molecule has 0 spiro atoms. The molecular formula is C13H14F3NO3S. The lowest BCUT2D eigenvalue weighted by Gasteiger charge is -2.20. The van der Waals surface area contributed by atoms with Crippen LogP contribution in [0.25, 0.3) is 5.83 Å². The second kappa shape index (κ2) is 6.17. The first-order valence-electron chi connectivity index (χ1n) is 6.18. The van der Waals surface area contributed by atoms with Gasteiger partial charge in [0, 0.05) is 12.1 Å². The van der Waals surface area contributed by atoms with E-state index in [0.29, 0.717) is 9.71 Å². The monoisotopic (exact) mass is 321 g/mol. The maximum Gasteiger partial charge on any atom is 0.284 e. The summed E-state index contributed by atoms with van der Waals surface area (Å²) in [5.41, 5.74) is 0.0684. The van der Waals surface area contributed by atoms with E-state index in [1.807, 2.05) is 0 Å². The van der Waals surface area contributed by atoms with E-state index in [1.54, 1.807) is 18.2 Å². The van der Waals surface area contributed by atoms with Gasteiger partial charge in [0.15, 0.2) is 0 Å². The van der Waals surface area contributed by atoms with Gasteiger partial charge in [0.05, 0.1) is 18.6 Å². The van der Waals surface area contributed by atoms with Gasteiger partial charge in [-0.15, -0.1) is 0 Å². The van der Waals surface area contributed by atoms with Crippen LogP contribution in [0.1, 0.15) is 5.56 Å². The number of halogens is 3. The highest BCUT2D eigenvalue weighted by atomic mass is 32.2. The van der Waals surface area contributed by atoms with E-state index in [2.05, 4.69) is 4.74 Å². The summed E-state index contributed by atoms with van der Waals surface area (Å²) in [6.45, 7) is -2.26. The molecule has 0 N–H and O–H groups in total. The molecule has 21 heavy (non-hydrogen) atoms. The average Bonchev–Trinajstić information content (AvgIpc) is 2.60. The summed E-state index contributed by atoms with van der Waals surface area (Å²) in [5.74, 6) is -4.29.